The fourth-order valence-corrected chi connectivity index (χ4v) is 4.25. The Bertz CT molecular complexity index is 454. The molecule has 2 saturated heterocycles. The monoisotopic (exact) mass is 307 g/mol. The van der Waals surface area contributed by atoms with E-state index in [0.29, 0.717) is 6.10 Å². The molecule has 2 aliphatic rings. The Morgan fingerprint density at radius 1 is 1.29 bits per heavy atom. The van der Waals surface area contributed by atoms with Crippen LogP contribution in [0.5, 0.6) is 11.5 Å². The van der Waals surface area contributed by atoms with Gasteiger partial charge in [-0.15, -0.1) is 0 Å². The van der Waals surface area contributed by atoms with Crippen molar-refractivity contribution in [2.75, 3.05) is 31.7 Å². The van der Waals surface area contributed by atoms with Crippen LogP contribution >= 0.6 is 11.8 Å². The van der Waals surface area contributed by atoms with E-state index in [4.69, 9.17) is 9.47 Å². The molecule has 116 valence electrons. The van der Waals surface area contributed by atoms with Gasteiger partial charge in [-0.25, -0.2) is 0 Å². The Morgan fingerprint density at radius 3 is 2.95 bits per heavy atom. The van der Waals surface area contributed by atoms with Crippen LogP contribution in [0.15, 0.2) is 18.2 Å². The number of methoxy groups -OCH3 is 1. The number of thioether (sulfide) groups is 1. The van der Waals surface area contributed by atoms with Gasteiger partial charge in [-0.2, -0.15) is 11.8 Å². The highest BCUT2D eigenvalue weighted by Gasteiger charge is 2.19. The minimum atomic E-state index is 0.345. The van der Waals surface area contributed by atoms with Crippen LogP contribution in [0.4, 0.5) is 0 Å². The normalized spacial score (nSPS) is 25.8. The van der Waals surface area contributed by atoms with Crippen LogP contribution in [-0.2, 0) is 6.42 Å². The van der Waals surface area contributed by atoms with Crippen molar-refractivity contribution in [2.24, 2.45) is 5.92 Å². The molecule has 3 rings (SSSR count). The minimum Gasteiger partial charge on any atom is -0.493 e. The Hall–Kier alpha value is -0.870. The maximum absolute atomic E-state index is 6.08. The standard InChI is InChI=1S/C17H25NO2S/c1-19-17-10-13(9-14-3-2-7-18-11-14)4-5-16(17)20-15-6-8-21-12-15/h4-5,10,14-15,18H,2-3,6-9,11-12H2,1H3. The molecule has 0 bridgehead atoms. The summed E-state index contributed by atoms with van der Waals surface area (Å²) < 4.78 is 11.6. The number of nitrogens with one attached hydrogen (secondary N) is 1. The zero-order valence-corrected chi connectivity index (χ0v) is 13.6. The van der Waals surface area contributed by atoms with E-state index in [1.54, 1.807) is 7.11 Å². The van der Waals surface area contributed by atoms with Crippen LogP contribution in [0.1, 0.15) is 24.8 Å². The maximum Gasteiger partial charge on any atom is 0.161 e. The van der Waals surface area contributed by atoms with E-state index < -0.39 is 0 Å². The fourth-order valence-electron chi connectivity index (χ4n) is 3.15. The second kappa shape index (κ2) is 7.41. The Kier molecular flexibility index (Phi) is 5.31. The lowest BCUT2D eigenvalue weighted by atomic mass is 9.92. The van der Waals surface area contributed by atoms with E-state index >= 15 is 0 Å². The van der Waals surface area contributed by atoms with Gasteiger partial charge in [0.2, 0.25) is 0 Å². The van der Waals surface area contributed by atoms with Crippen LogP contribution in [0.2, 0.25) is 0 Å². The lowest BCUT2D eigenvalue weighted by molar-refractivity contribution is 0.218. The molecule has 2 aliphatic heterocycles. The van der Waals surface area contributed by atoms with Gasteiger partial charge in [-0.1, -0.05) is 6.07 Å². The summed E-state index contributed by atoms with van der Waals surface area (Å²) in [6.07, 6.45) is 5.24. The highest BCUT2D eigenvalue weighted by molar-refractivity contribution is 7.99. The van der Waals surface area contributed by atoms with Gasteiger partial charge >= 0.3 is 0 Å². The van der Waals surface area contributed by atoms with Gasteiger partial charge in [0.25, 0.3) is 0 Å². The minimum absolute atomic E-state index is 0.345. The molecule has 2 fully saturated rings. The smallest absolute Gasteiger partial charge is 0.161 e. The fraction of sp³-hybridized carbons (Fsp3) is 0.647. The summed E-state index contributed by atoms with van der Waals surface area (Å²) in [6, 6.07) is 6.45. The second-order valence-electron chi connectivity index (χ2n) is 6.01. The number of ether oxygens (including phenoxy) is 2. The SMILES string of the molecule is COc1cc(CC2CCCNC2)ccc1OC1CCSC1. The van der Waals surface area contributed by atoms with Crippen molar-refractivity contribution < 1.29 is 9.47 Å². The van der Waals surface area contributed by atoms with Crippen LogP contribution in [0.3, 0.4) is 0 Å². The molecular formula is C17H25NO2S. The summed E-state index contributed by atoms with van der Waals surface area (Å²) in [7, 11) is 1.73. The first-order chi connectivity index (χ1) is 10.3. The van der Waals surface area contributed by atoms with Crippen molar-refractivity contribution in [3.05, 3.63) is 23.8 Å². The van der Waals surface area contributed by atoms with Gasteiger partial charge in [-0.3, -0.25) is 0 Å². The summed E-state index contributed by atoms with van der Waals surface area (Å²) in [5.74, 6) is 4.84. The average molecular weight is 307 g/mol. The summed E-state index contributed by atoms with van der Waals surface area (Å²) >= 11 is 1.97. The molecule has 3 nitrogen and oxygen atoms in total. The van der Waals surface area contributed by atoms with Gasteiger partial charge in [0.1, 0.15) is 6.10 Å². The quantitative estimate of drug-likeness (QED) is 0.905. The molecule has 0 spiro atoms. The van der Waals surface area contributed by atoms with E-state index in [0.717, 1.165) is 42.6 Å². The van der Waals surface area contributed by atoms with Gasteiger partial charge < -0.3 is 14.8 Å². The molecule has 2 heterocycles. The second-order valence-corrected chi connectivity index (χ2v) is 7.15. The van der Waals surface area contributed by atoms with Gasteiger partial charge in [-0.05, 0) is 68.1 Å². The first-order valence-electron chi connectivity index (χ1n) is 7.97. The maximum atomic E-state index is 6.08. The molecule has 2 unspecified atom stereocenters. The molecule has 1 aromatic carbocycles. The van der Waals surface area contributed by atoms with Crippen LogP contribution in [-0.4, -0.2) is 37.8 Å². The van der Waals surface area contributed by atoms with Gasteiger partial charge in [0.15, 0.2) is 11.5 Å². The zero-order valence-electron chi connectivity index (χ0n) is 12.8. The first-order valence-corrected chi connectivity index (χ1v) is 9.12. The number of piperidine rings is 1. The van der Waals surface area contributed by atoms with Crippen molar-refractivity contribution in [3.63, 3.8) is 0 Å². The summed E-state index contributed by atoms with van der Waals surface area (Å²) in [5, 5.41) is 3.49. The number of rotatable bonds is 5. The summed E-state index contributed by atoms with van der Waals surface area (Å²) in [5.41, 5.74) is 1.36. The predicted molar refractivity (Wildman–Crippen MR) is 88.6 cm³/mol. The Balaban J connectivity index is 1.65. The molecular weight excluding hydrogens is 282 g/mol. The number of benzene rings is 1. The average Bonchev–Trinajstić information content (AvgIpc) is 3.03. The molecule has 0 aliphatic carbocycles. The van der Waals surface area contributed by atoms with Crippen LogP contribution in [0.25, 0.3) is 0 Å². The summed E-state index contributed by atoms with van der Waals surface area (Å²) in [4.78, 5) is 0. The van der Waals surface area contributed by atoms with Crippen molar-refractivity contribution in [1.29, 1.82) is 0 Å². The van der Waals surface area contributed by atoms with Crippen molar-refractivity contribution >= 4 is 11.8 Å². The molecule has 4 heteroatoms. The number of hydrogen-bond donors (Lipinski definition) is 1. The molecule has 0 saturated carbocycles. The van der Waals surface area contributed by atoms with Crippen molar-refractivity contribution in [2.45, 2.75) is 31.8 Å². The van der Waals surface area contributed by atoms with E-state index in [1.165, 1.54) is 30.7 Å². The largest absolute Gasteiger partial charge is 0.493 e. The third kappa shape index (κ3) is 4.07. The summed E-state index contributed by atoms with van der Waals surface area (Å²) in [6.45, 7) is 2.31. The van der Waals surface area contributed by atoms with Crippen LogP contribution < -0.4 is 14.8 Å². The lowest BCUT2D eigenvalue weighted by Gasteiger charge is -2.23. The molecule has 0 amide bonds. The molecule has 2 atom stereocenters. The van der Waals surface area contributed by atoms with E-state index in [9.17, 15) is 0 Å². The van der Waals surface area contributed by atoms with E-state index in [1.807, 2.05) is 11.8 Å². The third-order valence-corrected chi connectivity index (χ3v) is 5.46. The van der Waals surface area contributed by atoms with E-state index in [-0.39, 0.29) is 0 Å². The predicted octanol–water partition coefficient (Wildman–Crippen LogP) is 3.12. The third-order valence-electron chi connectivity index (χ3n) is 4.33. The topological polar surface area (TPSA) is 30.5 Å². The first kappa shape index (κ1) is 15.0. The van der Waals surface area contributed by atoms with E-state index in [2.05, 4.69) is 23.5 Å². The molecule has 21 heavy (non-hydrogen) atoms. The highest BCUT2D eigenvalue weighted by Crippen LogP contribution is 2.32. The molecule has 1 aromatic rings. The highest BCUT2D eigenvalue weighted by atomic mass is 32.2. The molecule has 0 aromatic heterocycles. The Labute approximate surface area is 131 Å². The zero-order chi connectivity index (χ0) is 14.5. The number of hydrogen-bond acceptors (Lipinski definition) is 4. The van der Waals surface area contributed by atoms with Gasteiger partial charge in [0.05, 0.1) is 7.11 Å². The van der Waals surface area contributed by atoms with Crippen molar-refractivity contribution in [1.82, 2.24) is 5.32 Å². The lowest BCUT2D eigenvalue weighted by Crippen LogP contribution is -2.30. The molecule has 1 N–H and O–H groups in total. The van der Waals surface area contributed by atoms with Crippen LogP contribution in [0, 0.1) is 5.92 Å². The van der Waals surface area contributed by atoms with Crippen molar-refractivity contribution in [3.8, 4) is 11.5 Å². The van der Waals surface area contributed by atoms with Gasteiger partial charge in [0, 0.05) is 5.75 Å². The molecule has 0 radical (unpaired) electrons. The Morgan fingerprint density at radius 2 is 2.24 bits per heavy atom.